The van der Waals surface area contributed by atoms with Crippen molar-refractivity contribution in [2.75, 3.05) is 32.9 Å². The number of benzene rings is 1. The summed E-state index contributed by atoms with van der Waals surface area (Å²) in [6.45, 7) is 10.8. The van der Waals surface area contributed by atoms with Gasteiger partial charge < -0.3 is 20.1 Å². The zero-order valence-electron chi connectivity index (χ0n) is 18.4. The highest BCUT2D eigenvalue weighted by atomic mass is 32.1. The quantitative estimate of drug-likeness (QED) is 0.340. The third-order valence-corrected chi connectivity index (χ3v) is 6.03. The molecule has 30 heavy (non-hydrogen) atoms. The Hall–Kier alpha value is -2.12. The topological polar surface area (TPSA) is 67.8 Å². The van der Waals surface area contributed by atoms with Crippen molar-refractivity contribution >= 4 is 17.3 Å². The fraction of sp³-hybridized carbons (Fsp3) is 0.565. The molecule has 6 nitrogen and oxygen atoms in total. The molecular formula is C23H34N4O2S. The first-order valence-electron chi connectivity index (χ1n) is 10.9. The van der Waals surface area contributed by atoms with Crippen LogP contribution in [0.2, 0.25) is 0 Å². The number of nitrogens with one attached hydrogen (secondary N) is 2. The number of nitrogens with zero attached hydrogens (tertiary/aromatic N) is 2. The van der Waals surface area contributed by atoms with E-state index in [1.807, 2.05) is 6.92 Å². The highest BCUT2D eigenvalue weighted by Crippen LogP contribution is 2.23. The first-order chi connectivity index (χ1) is 14.6. The van der Waals surface area contributed by atoms with Crippen molar-refractivity contribution in [3.8, 4) is 5.75 Å². The van der Waals surface area contributed by atoms with Gasteiger partial charge in [-0.3, -0.25) is 0 Å². The first-order valence-corrected chi connectivity index (χ1v) is 11.7. The van der Waals surface area contributed by atoms with Gasteiger partial charge in [-0.15, -0.1) is 11.3 Å². The molecule has 3 rings (SSSR count). The molecule has 1 aromatic heterocycles. The Morgan fingerprint density at radius 1 is 1.33 bits per heavy atom. The summed E-state index contributed by atoms with van der Waals surface area (Å²) >= 11 is 1.74. The van der Waals surface area contributed by atoms with E-state index in [2.05, 4.69) is 53.0 Å². The molecule has 7 heteroatoms. The zero-order chi connectivity index (χ0) is 21.2. The Labute approximate surface area is 184 Å². The Kier molecular flexibility index (Phi) is 8.96. The van der Waals surface area contributed by atoms with Crippen molar-refractivity contribution < 1.29 is 9.47 Å². The van der Waals surface area contributed by atoms with Gasteiger partial charge >= 0.3 is 0 Å². The van der Waals surface area contributed by atoms with Crippen LogP contribution in [-0.4, -0.2) is 43.9 Å². The average molecular weight is 431 g/mol. The van der Waals surface area contributed by atoms with Crippen LogP contribution in [0, 0.1) is 19.8 Å². The second-order valence-electron chi connectivity index (χ2n) is 7.76. The Morgan fingerprint density at radius 3 is 2.97 bits per heavy atom. The molecule has 0 radical (unpaired) electrons. The van der Waals surface area contributed by atoms with Crippen LogP contribution in [0.15, 0.2) is 28.6 Å². The number of aromatic nitrogens is 1. The lowest BCUT2D eigenvalue weighted by Crippen LogP contribution is -2.37. The van der Waals surface area contributed by atoms with E-state index in [1.165, 1.54) is 10.6 Å². The van der Waals surface area contributed by atoms with Crippen molar-refractivity contribution in [1.82, 2.24) is 15.6 Å². The van der Waals surface area contributed by atoms with E-state index < -0.39 is 0 Å². The van der Waals surface area contributed by atoms with Gasteiger partial charge in [0.05, 0.1) is 24.8 Å². The van der Waals surface area contributed by atoms with E-state index in [0.717, 1.165) is 68.5 Å². The molecule has 1 fully saturated rings. The lowest BCUT2D eigenvalue weighted by molar-refractivity contribution is 0.166. The summed E-state index contributed by atoms with van der Waals surface area (Å²) in [5.74, 6) is 2.26. The molecule has 0 saturated carbocycles. The number of aliphatic imine (C=N–C) groups is 1. The third-order valence-electron chi connectivity index (χ3n) is 5.00. The second kappa shape index (κ2) is 11.9. The van der Waals surface area contributed by atoms with Crippen molar-refractivity contribution in [3.63, 3.8) is 0 Å². The van der Waals surface area contributed by atoms with Crippen LogP contribution in [0.5, 0.6) is 5.75 Å². The molecule has 1 aliphatic heterocycles. The molecule has 164 valence electrons. The molecule has 1 atom stereocenters. The van der Waals surface area contributed by atoms with Crippen molar-refractivity contribution in [3.05, 3.63) is 45.4 Å². The number of aryl methyl sites for hydroxylation is 3. The highest BCUT2D eigenvalue weighted by Gasteiger charge is 2.17. The van der Waals surface area contributed by atoms with Crippen LogP contribution in [0.3, 0.4) is 0 Å². The van der Waals surface area contributed by atoms with E-state index in [1.54, 1.807) is 11.3 Å². The summed E-state index contributed by atoms with van der Waals surface area (Å²) in [4.78, 5) is 9.30. The fourth-order valence-corrected chi connectivity index (χ4v) is 4.14. The lowest BCUT2D eigenvalue weighted by atomic mass is 10.1. The van der Waals surface area contributed by atoms with Gasteiger partial charge in [-0.1, -0.05) is 12.1 Å². The molecular weight excluding hydrogens is 396 g/mol. The van der Waals surface area contributed by atoms with E-state index in [9.17, 15) is 0 Å². The Bertz CT molecular complexity index is 815. The summed E-state index contributed by atoms with van der Waals surface area (Å²) in [5, 5.41) is 10.1. The maximum Gasteiger partial charge on any atom is 0.191 e. The molecule has 1 aliphatic rings. The minimum atomic E-state index is 0.488. The van der Waals surface area contributed by atoms with Crippen LogP contribution >= 0.6 is 11.3 Å². The van der Waals surface area contributed by atoms with Gasteiger partial charge in [-0.2, -0.15) is 0 Å². The molecule has 2 N–H and O–H groups in total. The van der Waals surface area contributed by atoms with Crippen molar-refractivity contribution in [2.24, 2.45) is 10.9 Å². The lowest BCUT2D eigenvalue weighted by Gasteiger charge is -2.15. The number of hydrogen-bond donors (Lipinski definition) is 2. The molecule has 0 amide bonds. The summed E-state index contributed by atoms with van der Waals surface area (Å²) in [7, 11) is 0. The number of hydrogen-bond acceptors (Lipinski definition) is 5. The van der Waals surface area contributed by atoms with E-state index in [0.29, 0.717) is 19.1 Å². The molecule has 1 saturated heterocycles. The third kappa shape index (κ3) is 7.29. The fourth-order valence-electron chi connectivity index (χ4n) is 3.32. The van der Waals surface area contributed by atoms with Gasteiger partial charge in [0.15, 0.2) is 5.96 Å². The van der Waals surface area contributed by atoms with Crippen molar-refractivity contribution in [2.45, 2.75) is 46.6 Å². The second-order valence-corrected chi connectivity index (χ2v) is 8.70. The predicted molar refractivity (Wildman–Crippen MR) is 124 cm³/mol. The van der Waals surface area contributed by atoms with Gasteiger partial charge in [0.25, 0.3) is 0 Å². The first kappa shape index (κ1) is 22.6. The minimum Gasteiger partial charge on any atom is -0.493 e. The standard InChI is InChI=1S/C23H34N4O2S/c1-4-24-23(25-10-5-6-22-27-18(3)16-30-22)26-13-20-8-7-17(2)12-21(20)29-15-19-9-11-28-14-19/h7-8,12,16,19H,4-6,9-11,13-15H2,1-3H3,(H2,24,25,26). The smallest absolute Gasteiger partial charge is 0.191 e. The Balaban J connectivity index is 1.53. The number of guanidine groups is 1. The SMILES string of the molecule is CCNC(=NCc1ccc(C)cc1OCC1CCOC1)NCCCc1nc(C)cs1. The van der Waals surface area contributed by atoms with E-state index in [4.69, 9.17) is 14.5 Å². The summed E-state index contributed by atoms with van der Waals surface area (Å²) in [6, 6.07) is 6.34. The van der Waals surface area contributed by atoms with Gasteiger partial charge in [0, 0.05) is 48.7 Å². The average Bonchev–Trinajstić information content (AvgIpc) is 3.40. The maximum absolute atomic E-state index is 6.15. The molecule has 2 aromatic rings. The van der Waals surface area contributed by atoms with Crippen LogP contribution in [0.1, 0.15) is 41.6 Å². The number of thiazole rings is 1. The molecule has 2 heterocycles. The predicted octanol–water partition coefficient (Wildman–Crippen LogP) is 3.86. The largest absolute Gasteiger partial charge is 0.493 e. The van der Waals surface area contributed by atoms with E-state index >= 15 is 0 Å². The molecule has 0 spiro atoms. The van der Waals surface area contributed by atoms with E-state index in [-0.39, 0.29) is 0 Å². The van der Waals surface area contributed by atoms with Gasteiger partial charge in [-0.25, -0.2) is 9.98 Å². The molecule has 0 aliphatic carbocycles. The van der Waals surface area contributed by atoms with Crippen molar-refractivity contribution in [1.29, 1.82) is 0 Å². The zero-order valence-corrected chi connectivity index (χ0v) is 19.2. The number of ether oxygens (including phenoxy) is 2. The van der Waals surface area contributed by atoms with Crippen LogP contribution in [0.4, 0.5) is 0 Å². The van der Waals surface area contributed by atoms with Crippen LogP contribution in [0.25, 0.3) is 0 Å². The molecule has 0 bridgehead atoms. The summed E-state index contributed by atoms with van der Waals surface area (Å²) in [6.07, 6.45) is 3.10. The molecule has 1 aromatic carbocycles. The number of rotatable bonds is 10. The maximum atomic E-state index is 6.15. The van der Waals surface area contributed by atoms with Gasteiger partial charge in [-0.05, 0) is 45.2 Å². The minimum absolute atomic E-state index is 0.488. The highest BCUT2D eigenvalue weighted by molar-refractivity contribution is 7.09. The van der Waals surface area contributed by atoms with Crippen LogP contribution in [-0.2, 0) is 17.7 Å². The Morgan fingerprint density at radius 2 is 2.23 bits per heavy atom. The normalized spacial score (nSPS) is 16.6. The van der Waals surface area contributed by atoms with Gasteiger partial charge in [0.2, 0.25) is 0 Å². The van der Waals surface area contributed by atoms with Gasteiger partial charge in [0.1, 0.15) is 5.75 Å². The van der Waals surface area contributed by atoms with Crippen LogP contribution < -0.4 is 15.4 Å². The molecule has 1 unspecified atom stereocenters. The monoisotopic (exact) mass is 430 g/mol. The summed E-state index contributed by atoms with van der Waals surface area (Å²) < 4.78 is 11.6. The summed E-state index contributed by atoms with van der Waals surface area (Å²) in [5.41, 5.74) is 3.41.